The molecule has 0 saturated carbocycles. The molecule has 7 heteroatoms. The standard InChI is InChI=1S/C13H15N5O2/c1-8-5-9(20-2)3-4-10(8)17-13(19)11-6-15-7-12(16-11)18-14/h3-7H,14H2,1-2H3,(H,16,18)(H,17,19). The first kappa shape index (κ1) is 13.8. The summed E-state index contributed by atoms with van der Waals surface area (Å²) in [7, 11) is 1.59. The van der Waals surface area contributed by atoms with Gasteiger partial charge in [-0.2, -0.15) is 0 Å². The second-order valence-corrected chi connectivity index (χ2v) is 4.07. The molecule has 7 nitrogen and oxygen atoms in total. The number of methoxy groups -OCH3 is 1. The Kier molecular flexibility index (Phi) is 4.11. The topological polar surface area (TPSA) is 102 Å². The van der Waals surface area contributed by atoms with Crippen LogP contribution in [-0.2, 0) is 0 Å². The summed E-state index contributed by atoms with van der Waals surface area (Å²) in [6.45, 7) is 1.88. The summed E-state index contributed by atoms with van der Waals surface area (Å²) < 4.78 is 5.11. The molecule has 0 saturated heterocycles. The van der Waals surface area contributed by atoms with Crippen molar-refractivity contribution in [2.24, 2.45) is 5.84 Å². The molecule has 0 aliphatic heterocycles. The molecule has 0 atom stereocenters. The number of amides is 1. The maximum atomic E-state index is 12.1. The number of aryl methyl sites for hydroxylation is 1. The van der Waals surface area contributed by atoms with Crippen LogP contribution in [0.15, 0.2) is 30.6 Å². The van der Waals surface area contributed by atoms with Crippen molar-refractivity contribution in [2.75, 3.05) is 17.9 Å². The number of hydrogen-bond donors (Lipinski definition) is 3. The zero-order chi connectivity index (χ0) is 14.5. The lowest BCUT2D eigenvalue weighted by Crippen LogP contribution is -2.17. The minimum atomic E-state index is -0.358. The third-order valence-corrected chi connectivity index (χ3v) is 2.70. The van der Waals surface area contributed by atoms with Gasteiger partial charge in [0.15, 0.2) is 5.82 Å². The van der Waals surface area contributed by atoms with E-state index < -0.39 is 0 Å². The molecular weight excluding hydrogens is 258 g/mol. The molecule has 0 bridgehead atoms. The number of carbonyl (C=O) groups excluding carboxylic acids is 1. The molecule has 2 rings (SSSR count). The van der Waals surface area contributed by atoms with E-state index in [1.807, 2.05) is 13.0 Å². The number of hydrogen-bond acceptors (Lipinski definition) is 6. The van der Waals surface area contributed by atoms with Gasteiger partial charge in [-0.05, 0) is 30.7 Å². The molecular formula is C13H15N5O2. The highest BCUT2D eigenvalue weighted by molar-refractivity contribution is 6.03. The molecule has 0 radical (unpaired) electrons. The number of nitrogens with two attached hydrogens (primary N) is 1. The molecule has 1 aromatic carbocycles. The van der Waals surface area contributed by atoms with E-state index in [9.17, 15) is 4.79 Å². The van der Waals surface area contributed by atoms with Crippen LogP contribution in [0.5, 0.6) is 5.75 Å². The fourth-order valence-electron chi connectivity index (χ4n) is 1.63. The van der Waals surface area contributed by atoms with Crippen LogP contribution in [0.1, 0.15) is 16.1 Å². The SMILES string of the molecule is COc1ccc(NC(=O)c2cncc(NN)n2)c(C)c1. The Balaban J connectivity index is 2.18. The van der Waals surface area contributed by atoms with Crippen LogP contribution < -0.4 is 21.3 Å². The summed E-state index contributed by atoms with van der Waals surface area (Å²) in [6.07, 6.45) is 2.80. The van der Waals surface area contributed by atoms with E-state index in [0.717, 1.165) is 11.3 Å². The smallest absolute Gasteiger partial charge is 0.275 e. The van der Waals surface area contributed by atoms with Crippen LogP contribution in [-0.4, -0.2) is 23.0 Å². The lowest BCUT2D eigenvalue weighted by Gasteiger charge is -2.09. The third kappa shape index (κ3) is 3.01. The summed E-state index contributed by atoms with van der Waals surface area (Å²) in [6, 6.07) is 5.37. The van der Waals surface area contributed by atoms with Crippen molar-refractivity contribution in [3.63, 3.8) is 0 Å². The maximum absolute atomic E-state index is 12.1. The number of nitrogens with one attached hydrogen (secondary N) is 2. The van der Waals surface area contributed by atoms with Crippen molar-refractivity contribution in [1.29, 1.82) is 0 Å². The second-order valence-electron chi connectivity index (χ2n) is 4.07. The maximum Gasteiger partial charge on any atom is 0.275 e. The van der Waals surface area contributed by atoms with E-state index >= 15 is 0 Å². The quantitative estimate of drug-likeness (QED) is 0.573. The van der Waals surface area contributed by atoms with Gasteiger partial charge >= 0.3 is 0 Å². The molecule has 0 aliphatic rings. The lowest BCUT2D eigenvalue weighted by atomic mass is 10.2. The van der Waals surface area contributed by atoms with Crippen LogP contribution in [0.25, 0.3) is 0 Å². The van der Waals surface area contributed by atoms with Crippen molar-refractivity contribution in [2.45, 2.75) is 6.92 Å². The van der Waals surface area contributed by atoms with E-state index in [1.165, 1.54) is 12.4 Å². The Morgan fingerprint density at radius 2 is 2.15 bits per heavy atom. The molecule has 1 aromatic heterocycles. The van der Waals surface area contributed by atoms with Gasteiger partial charge in [-0.1, -0.05) is 0 Å². The number of ether oxygens (including phenoxy) is 1. The van der Waals surface area contributed by atoms with Gasteiger partial charge in [0.25, 0.3) is 5.91 Å². The van der Waals surface area contributed by atoms with Crippen LogP contribution in [0.2, 0.25) is 0 Å². The van der Waals surface area contributed by atoms with Crippen LogP contribution in [0.4, 0.5) is 11.5 Å². The fourth-order valence-corrected chi connectivity index (χ4v) is 1.63. The highest BCUT2D eigenvalue weighted by Gasteiger charge is 2.10. The first-order valence-corrected chi connectivity index (χ1v) is 5.88. The Morgan fingerprint density at radius 1 is 1.35 bits per heavy atom. The van der Waals surface area contributed by atoms with Gasteiger partial charge in [0, 0.05) is 5.69 Å². The van der Waals surface area contributed by atoms with Crippen LogP contribution in [0.3, 0.4) is 0 Å². The van der Waals surface area contributed by atoms with E-state index in [1.54, 1.807) is 19.2 Å². The number of rotatable bonds is 4. The van der Waals surface area contributed by atoms with Gasteiger partial charge in [0.1, 0.15) is 11.4 Å². The monoisotopic (exact) mass is 273 g/mol. The summed E-state index contributed by atoms with van der Waals surface area (Å²) >= 11 is 0. The lowest BCUT2D eigenvalue weighted by molar-refractivity contribution is 0.102. The third-order valence-electron chi connectivity index (χ3n) is 2.70. The zero-order valence-corrected chi connectivity index (χ0v) is 11.2. The summed E-state index contributed by atoms with van der Waals surface area (Å²) in [4.78, 5) is 20.0. The van der Waals surface area contributed by atoms with E-state index in [-0.39, 0.29) is 11.6 Å². The summed E-state index contributed by atoms with van der Waals surface area (Å²) in [5.74, 6) is 5.93. The number of anilines is 2. The average molecular weight is 273 g/mol. The first-order chi connectivity index (χ1) is 9.63. The molecule has 4 N–H and O–H groups in total. The van der Waals surface area contributed by atoms with Gasteiger partial charge in [-0.3, -0.25) is 9.78 Å². The largest absolute Gasteiger partial charge is 0.497 e. The number of nitrogens with zero attached hydrogens (tertiary/aromatic N) is 2. The number of benzene rings is 1. The van der Waals surface area contributed by atoms with Crippen molar-refractivity contribution in [3.8, 4) is 5.75 Å². The number of hydrazine groups is 1. The van der Waals surface area contributed by atoms with E-state index in [2.05, 4.69) is 20.7 Å². The van der Waals surface area contributed by atoms with Gasteiger partial charge in [0.2, 0.25) is 0 Å². The highest BCUT2D eigenvalue weighted by atomic mass is 16.5. The molecule has 20 heavy (non-hydrogen) atoms. The molecule has 1 amide bonds. The Morgan fingerprint density at radius 3 is 2.80 bits per heavy atom. The van der Waals surface area contributed by atoms with Crippen LogP contribution >= 0.6 is 0 Å². The van der Waals surface area contributed by atoms with Gasteiger partial charge in [-0.25, -0.2) is 10.8 Å². The molecule has 0 fully saturated rings. The van der Waals surface area contributed by atoms with Crippen molar-refractivity contribution in [3.05, 3.63) is 41.9 Å². The molecule has 2 aromatic rings. The van der Waals surface area contributed by atoms with Gasteiger partial charge < -0.3 is 15.5 Å². The normalized spacial score (nSPS) is 9.95. The fraction of sp³-hybridized carbons (Fsp3) is 0.154. The molecule has 0 unspecified atom stereocenters. The van der Waals surface area contributed by atoms with E-state index in [4.69, 9.17) is 10.6 Å². The molecule has 1 heterocycles. The molecule has 0 spiro atoms. The number of nitrogen functional groups attached to an aromatic ring is 1. The van der Waals surface area contributed by atoms with Gasteiger partial charge in [0.05, 0.1) is 19.5 Å². The average Bonchev–Trinajstić information content (AvgIpc) is 2.49. The summed E-state index contributed by atoms with van der Waals surface area (Å²) in [5.41, 5.74) is 4.09. The Bertz CT molecular complexity index is 630. The number of aromatic nitrogens is 2. The first-order valence-electron chi connectivity index (χ1n) is 5.88. The Labute approximate surface area is 116 Å². The predicted octanol–water partition coefficient (Wildman–Crippen LogP) is 1.33. The molecule has 104 valence electrons. The van der Waals surface area contributed by atoms with Gasteiger partial charge in [-0.15, -0.1) is 0 Å². The predicted molar refractivity (Wildman–Crippen MR) is 75.5 cm³/mol. The minimum Gasteiger partial charge on any atom is -0.497 e. The van der Waals surface area contributed by atoms with Crippen molar-refractivity contribution < 1.29 is 9.53 Å². The molecule has 0 aliphatic carbocycles. The number of carbonyl (C=O) groups is 1. The Hall–Kier alpha value is -2.67. The van der Waals surface area contributed by atoms with Crippen LogP contribution in [0, 0.1) is 6.92 Å². The zero-order valence-electron chi connectivity index (χ0n) is 11.2. The van der Waals surface area contributed by atoms with E-state index in [0.29, 0.717) is 11.5 Å². The van der Waals surface area contributed by atoms with Crippen molar-refractivity contribution in [1.82, 2.24) is 9.97 Å². The highest BCUT2D eigenvalue weighted by Crippen LogP contribution is 2.21. The van der Waals surface area contributed by atoms with Crippen molar-refractivity contribution >= 4 is 17.4 Å². The minimum absolute atomic E-state index is 0.177. The second kappa shape index (κ2) is 5.98. The summed E-state index contributed by atoms with van der Waals surface area (Å²) in [5, 5.41) is 2.76.